The van der Waals surface area contributed by atoms with Crippen LogP contribution in [0.3, 0.4) is 0 Å². The molecule has 2 aromatic heterocycles. The average Bonchev–Trinajstić information content (AvgIpc) is 3.29. The molecule has 2 amide bonds. The minimum atomic E-state index is -4.63. The number of amides is 2. The van der Waals surface area contributed by atoms with Gasteiger partial charge in [0.15, 0.2) is 0 Å². The molecule has 2 heterocycles. The molecule has 1 atom stereocenters. The van der Waals surface area contributed by atoms with Crippen molar-refractivity contribution in [2.24, 2.45) is 0 Å². The van der Waals surface area contributed by atoms with E-state index in [9.17, 15) is 31.5 Å². The van der Waals surface area contributed by atoms with Crippen LogP contribution >= 0.6 is 0 Å². The molecule has 0 bridgehead atoms. The number of halogens is 5. The number of nitrogens with zero attached hydrogens (tertiary/aromatic N) is 2. The molecule has 0 unspecified atom stereocenters. The number of fused-ring (bicyclic) bond motifs is 1. The Morgan fingerprint density at radius 3 is 2.35 bits per heavy atom. The summed E-state index contributed by atoms with van der Waals surface area (Å²) in [5, 5.41) is 16.0. The molecule has 0 spiro atoms. The maximum absolute atomic E-state index is 14.6. The van der Waals surface area contributed by atoms with Crippen LogP contribution in [-0.2, 0) is 0 Å². The van der Waals surface area contributed by atoms with Gasteiger partial charge in [0.25, 0.3) is 11.8 Å². The molecule has 0 fully saturated rings. The highest BCUT2D eigenvalue weighted by molar-refractivity contribution is 6.11. The van der Waals surface area contributed by atoms with Crippen molar-refractivity contribution in [1.82, 2.24) is 15.6 Å². The summed E-state index contributed by atoms with van der Waals surface area (Å²) in [5.74, 6) is -3.34. The highest BCUT2D eigenvalue weighted by atomic mass is 19.4. The lowest BCUT2D eigenvalue weighted by atomic mass is 9.99. The number of nitriles is 1. The summed E-state index contributed by atoms with van der Waals surface area (Å²) in [5.41, 5.74) is -0.306. The topological polar surface area (TPSA) is 120 Å². The van der Waals surface area contributed by atoms with E-state index < -0.39 is 47.8 Å². The second-order valence-corrected chi connectivity index (χ2v) is 8.62. The first-order valence-corrected chi connectivity index (χ1v) is 11.7. The Morgan fingerprint density at radius 1 is 1.05 bits per heavy atom. The number of furan rings is 1. The van der Waals surface area contributed by atoms with Crippen molar-refractivity contribution in [3.05, 3.63) is 71.3 Å². The lowest BCUT2D eigenvalue weighted by molar-refractivity contribution is -0.115. The van der Waals surface area contributed by atoms with Gasteiger partial charge in [0, 0.05) is 18.2 Å². The van der Waals surface area contributed by atoms with E-state index in [1.165, 1.54) is 38.2 Å². The number of rotatable bonds is 7. The zero-order valence-electron chi connectivity index (χ0n) is 20.9. The number of carbonyl (C=O) groups is 2. The molecule has 0 radical (unpaired) electrons. The molecule has 13 heteroatoms. The molecule has 40 heavy (non-hydrogen) atoms. The average molecular weight is 557 g/mol. The predicted octanol–water partition coefficient (Wildman–Crippen LogP) is 5.42. The fourth-order valence-electron chi connectivity index (χ4n) is 3.89. The molecule has 3 N–H and O–H groups in total. The van der Waals surface area contributed by atoms with Crippen molar-refractivity contribution in [2.75, 3.05) is 18.9 Å². The van der Waals surface area contributed by atoms with Crippen LogP contribution in [0.4, 0.5) is 27.8 Å². The van der Waals surface area contributed by atoms with Gasteiger partial charge < -0.3 is 20.4 Å². The van der Waals surface area contributed by atoms with E-state index in [4.69, 9.17) is 9.68 Å². The smallest absolute Gasteiger partial charge is 0.405 e. The third-order valence-corrected chi connectivity index (χ3v) is 5.76. The van der Waals surface area contributed by atoms with Crippen LogP contribution in [0.25, 0.3) is 33.6 Å². The van der Waals surface area contributed by atoms with Gasteiger partial charge in [-0.2, -0.15) is 23.4 Å². The summed E-state index contributed by atoms with van der Waals surface area (Å²) in [4.78, 5) is 29.6. The molecular formula is C27H20F5N5O3. The minimum absolute atomic E-state index is 0.00394. The number of anilines is 1. The first kappa shape index (κ1) is 28.0. The van der Waals surface area contributed by atoms with Crippen LogP contribution in [0.2, 0.25) is 0 Å². The molecule has 2 aromatic carbocycles. The highest BCUT2D eigenvalue weighted by Crippen LogP contribution is 2.38. The van der Waals surface area contributed by atoms with Crippen molar-refractivity contribution in [3.8, 4) is 28.5 Å². The number of hydrogen-bond acceptors (Lipinski definition) is 6. The lowest BCUT2D eigenvalue weighted by Crippen LogP contribution is -2.31. The Bertz CT molecular complexity index is 1640. The third kappa shape index (κ3) is 5.85. The molecule has 4 rings (SSSR count). The van der Waals surface area contributed by atoms with Crippen LogP contribution in [0.5, 0.6) is 0 Å². The van der Waals surface area contributed by atoms with Crippen molar-refractivity contribution < 1.29 is 36.0 Å². The summed E-state index contributed by atoms with van der Waals surface area (Å²) < 4.78 is 73.2. The van der Waals surface area contributed by atoms with Crippen LogP contribution in [-0.4, -0.2) is 42.6 Å². The second kappa shape index (κ2) is 11.0. The number of aromatic nitrogens is 1. The van der Waals surface area contributed by atoms with Crippen LogP contribution < -0.4 is 16.0 Å². The SMILES string of the molecule is CNC(=O)c1c(-c2ccc(F)cc2)oc2nc(NCC(F)(F)F)c(-c3ccc(F)c(C(=O)N[C@@H](C)C#N)c3)cc12. The van der Waals surface area contributed by atoms with Gasteiger partial charge in [-0.15, -0.1) is 0 Å². The molecular weight excluding hydrogens is 537 g/mol. The van der Waals surface area contributed by atoms with Gasteiger partial charge in [-0.1, -0.05) is 6.07 Å². The summed E-state index contributed by atoms with van der Waals surface area (Å²) in [6.45, 7) is -0.102. The summed E-state index contributed by atoms with van der Waals surface area (Å²) >= 11 is 0. The fraction of sp³-hybridized carbons (Fsp3) is 0.185. The Labute approximate surface area is 223 Å². The number of carbonyl (C=O) groups excluding carboxylic acids is 2. The van der Waals surface area contributed by atoms with Crippen LogP contribution in [0.15, 0.2) is 52.9 Å². The molecule has 4 aromatic rings. The fourth-order valence-corrected chi connectivity index (χ4v) is 3.89. The third-order valence-electron chi connectivity index (χ3n) is 5.76. The Balaban J connectivity index is 1.96. The molecule has 0 aliphatic rings. The number of hydrogen-bond donors (Lipinski definition) is 3. The zero-order chi connectivity index (χ0) is 29.2. The molecule has 0 aliphatic heterocycles. The van der Waals surface area contributed by atoms with E-state index in [-0.39, 0.29) is 39.4 Å². The Hall–Kier alpha value is -4.99. The van der Waals surface area contributed by atoms with Gasteiger partial charge >= 0.3 is 6.18 Å². The first-order chi connectivity index (χ1) is 18.9. The molecule has 0 saturated carbocycles. The maximum atomic E-state index is 14.6. The quantitative estimate of drug-likeness (QED) is 0.261. The van der Waals surface area contributed by atoms with Crippen molar-refractivity contribution in [2.45, 2.75) is 19.1 Å². The van der Waals surface area contributed by atoms with Gasteiger partial charge in [0.05, 0.1) is 22.6 Å². The van der Waals surface area contributed by atoms with Crippen molar-refractivity contribution in [1.29, 1.82) is 5.26 Å². The van der Waals surface area contributed by atoms with E-state index in [0.29, 0.717) is 5.56 Å². The molecule has 0 saturated heterocycles. The monoisotopic (exact) mass is 557 g/mol. The lowest BCUT2D eigenvalue weighted by Gasteiger charge is -2.14. The Kier molecular flexibility index (Phi) is 7.72. The first-order valence-electron chi connectivity index (χ1n) is 11.7. The van der Waals surface area contributed by atoms with E-state index >= 15 is 0 Å². The highest BCUT2D eigenvalue weighted by Gasteiger charge is 2.29. The van der Waals surface area contributed by atoms with Gasteiger partial charge in [-0.3, -0.25) is 9.59 Å². The summed E-state index contributed by atoms with van der Waals surface area (Å²) in [6, 6.07) is 10.4. The van der Waals surface area contributed by atoms with E-state index in [1.54, 1.807) is 6.07 Å². The number of benzene rings is 2. The van der Waals surface area contributed by atoms with Gasteiger partial charge in [-0.05, 0) is 55.0 Å². The summed E-state index contributed by atoms with van der Waals surface area (Å²) in [6.07, 6.45) is -4.63. The molecule has 8 nitrogen and oxygen atoms in total. The normalized spacial score (nSPS) is 12.1. The summed E-state index contributed by atoms with van der Waals surface area (Å²) in [7, 11) is 1.36. The van der Waals surface area contributed by atoms with Crippen molar-refractivity contribution >= 4 is 28.7 Å². The van der Waals surface area contributed by atoms with Crippen molar-refractivity contribution in [3.63, 3.8) is 0 Å². The maximum Gasteiger partial charge on any atom is 0.405 e. The van der Waals surface area contributed by atoms with E-state index in [0.717, 1.165) is 24.3 Å². The van der Waals surface area contributed by atoms with Gasteiger partial charge in [0.2, 0.25) is 5.71 Å². The standard InChI is InChI=1S/C27H20F5N5O3/c1-13(11-33)36-24(38)18-9-15(5-8-20(18)29)17-10-19-21(25(39)34-2)22(14-3-6-16(28)7-4-14)40-26(19)37-23(17)35-12-27(30,31)32/h3-10,13H,12H2,1-2H3,(H,34,39)(H,35,37)(H,36,38)/t13-/m0/s1. The van der Waals surface area contributed by atoms with E-state index in [1.807, 2.05) is 0 Å². The van der Waals surface area contributed by atoms with Gasteiger partial charge in [-0.25, -0.2) is 8.78 Å². The zero-order valence-corrected chi connectivity index (χ0v) is 20.9. The van der Waals surface area contributed by atoms with E-state index in [2.05, 4.69) is 20.9 Å². The number of nitrogens with one attached hydrogen (secondary N) is 3. The van der Waals surface area contributed by atoms with Gasteiger partial charge in [0.1, 0.15) is 35.8 Å². The number of pyridine rings is 1. The molecule has 0 aliphatic carbocycles. The minimum Gasteiger partial charge on any atom is -0.437 e. The Morgan fingerprint density at radius 2 is 1.73 bits per heavy atom. The van der Waals surface area contributed by atoms with Crippen LogP contribution in [0, 0.1) is 23.0 Å². The largest absolute Gasteiger partial charge is 0.437 e. The second-order valence-electron chi connectivity index (χ2n) is 8.62. The molecule has 206 valence electrons. The van der Waals surface area contributed by atoms with Crippen LogP contribution in [0.1, 0.15) is 27.6 Å². The predicted molar refractivity (Wildman–Crippen MR) is 135 cm³/mol. The number of alkyl halides is 3.